The van der Waals surface area contributed by atoms with Gasteiger partial charge in [-0.3, -0.25) is 57.5 Å². The summed E-state index contributed by atoms with van der Waals surface area (Å²) < 4.78 is 40.6. The molecule has 0 aromatic carbocycles. The summed E-state index contributed by atoms with van der Waals surface area (Å²) in [6.45, 7) is 39.3. The minimum atomic E-state index is -0.437. The Morgan fingerprint density at radius 1 is 0.535 bits per heavy atom. The van der Waals surface area contributed by atoms with E-state index in [1.54, 1.807) is 19.4 Å². The number of H-pyrrole nitrogens is 2. The molecule has 99 heavy (non-hydrogen) atoms. The lowest BCUT2D eigenvalue weighted by molar-refractivity contribution is -0.171. The zero-order chi connectivity index (χ0) is 73.8. The summed E-state index contributed by atoms with van der Waals surface area (Å²) in [4.78, 5) is 133. The number of imidazole rings is 1. The van der Waals surface area contributed by atoms with Gasteiger partial charge >= 0.3 is 17.3 Å². The fraction of sp³-hybridized carbons (Fsp3) is 0.725. The summed E-state index contributed by atoms with van der Waals surface area (Å²) in [6.07, 6.45) is 5.55. The first-order valence-corrected chi connectivity index (χ1v) is 34.7. The molecular weight excluding hydrogens is 1280 g/mol. The minimum absolute atomic E-state index is 0.00796. The van der Waals surface area contributed by atoms with Crippen LogP contribution in [-0.2, 0) is 76.8 Å². The van der Waals surface area contributed by atoms with Crippen molar-refractivity contribution in [1.29, 1.82) is 0 Å². The van der Waals surface area contributed by atoms with Crippen molar-refractivity contribution in [2.45, 2.75) is 262 Å². The Morgan fingerprint density at radius 3 is 1.40 bits per heavy atom. The number of amides is 5. The van der Waals surface area contributed by atoms with Gasteiger partial charge in [0.05, 0.1) is 118 Å². The van der Waals surface area contributed by atoms with Crippen LogP contribution in [0, 0.1) is 60.2 Å². The van der Waals surface area contributed by atoms with Gasteiger partial charge in [0.1, 0.15) is 17.9 Å². The Labute approximate surface area is 578 Å². The lowest BCUT2D eigenvalue weighted by atomic mass is 9.80. The number of esters is 1. The summed E-state index contributed by atoms with van der Waals surface area (Å²) in [6, 6.07) is 1.21. The maximum Gasteiger partial charge on any atom is 0.328 e. The number of aromatic amines is 2. The van der Waals surface area contributed by atoms with Gasteiger partial charge in [0.25, 0.3) is 11.1 Å². The molecule has 5 aliphatic rings. The van der Waals surface area contributed by atoms with E-state index in [2.05, 4.69) is 100.0 Å². The van der Waals surface area contributed by atoms with Crippen LogP contribution in [0.5, 0.6) is 0 Å². The lowest BCUT2D eigenvalue weighted by Crippen LogP contribution is -2.57. The molecule has 5 saturated heterocycles. The number of aryl methyl sites for hydroxylation is 1. The van der Waals surface area contributed by atoms with Gasteiger partial charge in [0, 0.05) is 77.5 Å². The van der Waals surface area contributed by atoms with E-state index in [0.717, 1.165) is 0 Å². The van der Waals surface area contributed by atoms with Crippen molar-refractivity contribution in [3.8, 4) is 0 Å². The Morgan fingerprint density at radius 2 is 0.960 bits per heavy atom. The van der Waals surface area contributed by atoms with Gasteiger partial charge in [-0.2, -0.15) is 0 Å². The SMILES string of the molecule is CC(=O)NC1C(C)OC(CNC(=O)CC2OC(C)CC(OC(C)=O)C2C)C(C)C1C.CC(=O)NC1C(C)OC(Cn2cc(C)c(=O)[nH]c2=O)C(C)C1C.CC(=O)NC1C(C)OC(Cn2ccc(=O)[nH]c2=O)C(C)C1C.CC(=O)NC1C(C)OC(Cn2cnc3c(N)ncnc32)C(C)C1C. The number of fused-ring (bicyclic) bond motifs is 1. The predicted molar refractivity (Wildman–Crippen MR) is 369 cm³/mol. The number of ether oxygens (including phenoxy) is 6. The van der Waals surface area contributed by atoms with Gasteiger partial charge in [-0.15, -0.1) is 0 Å². The minimum Gasteiger partial charge on any atom is -0.462 e. The first-order valence-electron chi connectivity index (χ1n) is 34.7. The van der Waals surface area contributed by atoms with Crippen LogP contribution in [0.15, 0.2) is 50.3 Å². The number of nitrogens with one attached hydrogen (secondary N) is 7. The van der Waals surface area contributed by atoms with E-state index in [1.165, 1.54) is 62.3 Å². The quantitative estimate of drug-likeness (QED) is 0.0792. The molecule has 9 rings (SSSR count). The van der Waals surface area contributed by atoms with Crippen LogP contribution in [0.4, 0.5) is 5.82 Å². The fourth-order valence-electron chi connectivity index (χ4n) is 14.4. The van der Waals surface area contributed by atoms with Crippen molar-refractivity contribution in [3.63, 3.8) is 0 Å². The molecule has 30 heteroatoms. The Kier molecular flexibility index (Phi) is 28.9. The van der Waals surface area contributed by atoms with Crippen LogP contribution in [0.1, 0.15) is 150 Å². The van der Waals surface area contributed by atoms with Crippen molar-refractivity contribution >= 4 is 52.5 Å². The topological polar surface area (TPSA) is 397 Å². The highest BCUT2D eigenvalue weighted by Gasteiger charge is 2.45. The molecule has 0 bridgehead atoms. The average Bonchev–Trinajstić information content (AvgIpc) is 1.48. The van der Waals surface area contributed by atoms with E-state index in [0.29, 0.717) is 61.1 Å². The molecular formula is C69H110N14O16. The predicted octanol–water partition coefficient (Wildman–Crippen LogP) is 3.28. The fourth-order valence-corrected chi connectivity index (χ4v) is 14.4. The summed E-state index contributed by atoms with van der Waals surface area (Å²) >= 11 is 0. The molecule has 9 heterocycles. The Hall–Kier alpha value is -7.67. The number of rotatable bonds is 15. The molecule has 0 aliphatic carbocycles. The highest BCUT2D eigenvalue weighted by Crippen LogP contribution is 2.36. The number of nitrogen functional groups attached to an aromatic ring is 1. The third kappa shape index (κ3) is 21.4. The Balaban J connectivity index is 0.000000210. The van der Waals surface area contributed by atoms with Crippen LogP contribution in [-0.4, -0.2) is 172 Å². The summed E-state index contributed by atoms with van der Waals surface area (Å²) in [5.74, 6) is 1.39. The van der Waals surface area contributed by atoms with Crippen molar-refractivity contribution in [2.75, 3.05) is 12.3 Å². The summed E-state index contributed by atoms with van der Waals surface area (Å²) in [5, 5.41) is 14.8. The molecule has 24 unspecified atom stereocenters. The number of hydrogen-bond acceptors (Lipinski definition) is 20. The second-order valence-corrected chi connectivity index (χ2v) is 28.3. The van der Waals surface area contributed by atoms with Gasteiger partial charge in [0.15, 0.2) is 11.5 Å². The molecule has 552 valence electrons. The van der Waals surface area contributed by atoms with E-state index in [1.807, 2.05) is 53.0 Å². The van der Waals surface area contributed by atoms with Crippen LogP contribution in [0.25, 0.3) is 11.2 Å². The number of aromatic nitrogens is 8. The zero-order valence-corrected chi connectivity index (χ0v) is 61.3. The van der Waals surface area contributed by atoms with Crippen molar-refractivity contribution in [2.24, 2.45) is 53.3 Å². The van der Waals surface area contributed by atoms with Crippen molar-refractivity contribution in [3.05, 3.63) is 78.4 Å². The van der Waals surface area contributed by atoms with Crippen molar-refractivity contribution in [1.82, 2.24) is 65.2 Å². The monoisotopic (exact) mass is 1390 g/mol. The normalized spacial score (nSPS) is 33.5. The highest BCUT2D eigenvalue weighted by molar-refractivity contribution is 5.81. The maximum atomic E-state index is 12.6. The van der Waals surface area contributed by atoms with E-state index >= 15 is 0 Å². The first-order chi connectivity index (χ1) is 46.4. The highest BCUT2D eigenvalue weighted by atomic mass is 16.6. The number of nitrogens with zero attached hydrogens (tertiary/aromatic N) is 6. The standard InChI is InChI=1S/C22H38N2O6.C16H24N6O2.C16H25N3O4.C15H23N3O4/c1-11-8-18(30-17(7)26)14(4)19(28-11)9-21(27)23-10-20-12(2)13(3)22(15(5)29-20)24-16(6)25;1-8-9(2)13(21-11(4)23)10(3)24-12(8)5-22-7-20-14-15(17)18-6-19-16(14)22;1-8-6-19(16(22)18-15(8)21)7-13-9(2)10(3)14(11(4)23-13)17-12(5)20;1-8-9(2)14(16-11(4)19)10(3)22-12(8)7-18-6-5-13(20)17-15(18)21/h11-15,18-20,22H,8-10H2,1-7H3,(H,23,27)(H,24,25);6-10,12-13H,5H2,1-4H3,(H,21,23)(H2,17,18,19);6,9-11,13-14H,7H2,1-5H3,(H,17,20)(H,18,21,22);5-6,8-10,12,14H,7H2,1-4H3,(H,16,19)(H,17,20,21). The number of hydrogen-bond donors (Lipinski definition) is 8. The third-order valence-electron chi connectivity index (χ3n) is 21.0. The van der Waals surface area contributed by atoms with E-state index in [-0.39, 0.29) is 186 Å². The molecule has 0 spiro atoms. The first kappa shape index (κ1) is 80.3. The van der Waals surface area contributed by atoms with Gasteiger partial charge < -0.3 is 65.3 Å². The average molecular weight is 1390 g/mol. The van der Waals surface area contributed by atoms with Gasteiger partial charge in [-0.25, -0.2) is 24.5 Å². The van der Waals surface area contributed by atoms with Gasteiger partial charge in [0.2, 0.25) is 29.5 Å². The third-order valence-corrected chi connectivity index (χ3v) is 21.0. The zero-order valence-electron chi connectivity index (χ0n) is 61.3. The van der Waals surface area contributed by atoms with Crippen LogP contribution in [0.2, 0.25) is 0 Å². The largest absolute Gasteiger partial charge is 0.462 e. The molecule has 4 aromatic heterocycles. The number of carbonyl (C=O) groups is 6. The Bertz CT molecular complexity index is 3650. The number of carbonyl (C=O) groups excluding carboxylic acids is 6. The van der Waals surface area contributed by atoms with Gasteiger partial charge in [-0.05, 0) is 88.9 Å². The van der Waals surface area contributed by atoms with Crippen molar-refractivity contribution < 1.29 is 57.2 Å². The second-order valence-electron chi connectivity index (χ2n) is 28.3. The van der Waals surface area contributed by atoms with Crippen LogP contribution < -0.4 is 54.8 Å². The molecule has 5 fully saturated rings. The van der Waals surface area contributed by atoms with Gasteiger partial charge in [-0.1, -0.05) is 62.3 Å². The van der Waals surface area contributed by atoms with E-state index in [4.69, 9.17) is 34.2 Å². The molecule has 9 N–H and O–H groups in total. The van der Waals surface area contributed by atoms with Crippen LogP contribution in [0.3, 0.4) is 0 Å². The molecule has 5 aliphatic heterocycles. The molecule has 0 radical (unpaired) electrons. The summed E-state index contributed by atoms with van der Waals surface area (Å²) in [7, 11) is 0. The number of nitrogens with two attached hydrogens (primary N) is 1. The molecule has 24 atom stereocenters. The van der Waals surface area contributed by atoms with Crippen LogP contribution >= 0.6 is 0 Å². The summed E-state index contributed by atoms with van der Waals surface area (Å²) in [5.41, 5.74) is 6.01. The molecule has 4 aromatic rings. The lowest BCUT2D eigenvalue weighted by Gasteiger charge is -2.44. The molecule has 30 nitrogen and oxygen atoms in total. The maximum absolute atomic E-state index is 12.6. The molecule has 5 amide bonds. The smallest absolute Gasteiger partial charge is 0.328 e. The van der Waals surface area contributed by atoms with E-state index in [9.17, 15) is 47.9 Å². The van der Waals surface area contributed by atoms with E-state index < -0.39 is 16.9 Å². The molecule has 0 saturated carbocycles. The second kappa shape index (κ2) is 35.6. The number of anilines is 1.